The van der Waals surface area contributed by atoms with E-state index in [-0.39, 0.29) is 23.2 Å². The first-order valence-electron chi connectivity index (χ1n) is 9.59. The molecule has 0 aliphatic carbocycles. The summed E-state index contributed by atoms with van der Waals surface area (Å²) in [6.45, 7) is 5.14. The van der Waals surface area contributed by atoms with Crippen LogP contribution in [0.2, 0.25) is 0 Å². The van der Waals surface area contributed by atoms with Crippen LogP contribution >= 0.6 is 0 Å². The Bertz CT molecular complexity index is 931. The van der Waals surface area contributed by atoms with Crippen molar-refractivity contribution in [3.05, 3.63) is 59.4 Å². The first-order chi connectivity index (χ1) is 13.7. The number of nitrogens with zero attached hydrogens (tertiary/aromatic N) is 1. The smallest absolute Gasteiger partial charge is 0.238 e. The van der Waals surface area contributed by atoms with Crippen molar-refractivity contribution in [1.29, 1.82) is 0 Å². The second-order valence-electron chi connectivity index (χ2n) is 7.12. The first-order valence-corrected chi connectivity index (χ1v) is 11.1. The molecule has 8 heteroatoms. The predicted octanol–water partition coefficient (Wildman–Crippen LogP) is 3.41. The monoisotopic (exact) mass is 421 g/mol. The Kier molecular flexibility index (Phi) is 8.31. The number of sulfonamides is 1. The topological polar surface area (TPSA) is 92.5 Å². The molecule has 0 spiro atoms. The van der Waals surface area contributed by atoms with Gasteiger partial charge < -0.3 is 5.32 Å². The fraction of sp³-hybridized carbons (Fsp3) is 0.381. The highest BCUT2D eigenvalue weighted by atomic mass is 32.2. The summed E-state index contributed by atoms with van der Waals surface area (Å²) in [5.41, 5.74) is 1.81. The van der Waals surface area contributed by atoms with Gasteiger partial charge in [0.2, 0.25) is 15.9 Å². The summed E-state index contributed by atoms with van der Waals surface area (Å²) in [5, 5.41) is 7.96. The molecule has 0 fully saturated rings. The quantitative estimate of drug-likeness (QED) is 0.575. The number of nitrogens with one attached hydrogen (secondary N) is 1. The van der Waals surface area contributed by atoms with Gasteiger partial charge in [0.25, 0.3) is 0 Å². The van der Waals surface area contributed by atoms with Gasteiger partial charge in [-0.05, 0) is 55.3 Å². The maximum absolute atomic E-state index is 13.1. The van der Waals surface area contributed by atoms with Gasteiger partial charge in [-0.2, -0.15) is 0 Å². The Hall–Kier alpha value is -2.29. The Morgan fingerprint density at radius 1 is 1.14 bits per heavy atom. The van der Waals surface area contributed by atoms with Gasteiger partial charge in [0.1, 0.15) is 5.82 Å². The van der Waals surface area contributed by atoms with Crippen molar-refractivity contribution in [2.24, 2.45) is 5.14 Å². The Morgan fingerprint density at radius 3 is 2.45 bits per heavy atom. The molecule has 29 heavy (non-hydrogen) atoms. The van der Waals surface area contributed by atoms with Gasteiger partial charge in [-0.15, -0.1) is 0 Å². The van der Waals surface area contributed by atoms with E-state index in [9.17, 15) is 17.6 Å². The highest BCUT2D eigenvalue weighted by Gasteiger charge is 2.15. The first kappa shape index (κ1) is 23.0. The lowest BCUT2D eigenvalue weighted by atomic mass is 10.2. The van der Waals surface area contributed by atoms with Crippen molar-refractivity contribution < 1.29 is 17.6 Å². The van der Waals surface area contributed by atoms with Gasteiger partial charge in [-0.1, -0.05) is 38.0 Å². The number of halogens is 1. The molecule has 0 aromatic heterocycles. The lowest BCUT2D eigenvalue weighted by molar-refractivity contribution is -0.117. The summed E-state index contributed by atoms with van der Waals surface area (Å²) < 4.78 is 36.5. The van der Waals surface area contributed by atoms with Gasteiger partial charge in [-0.3, -0.25) is 9.69 Å². The zero-order valence-corrected chi connectivity index (χ0v) is 17.6. The average molecular weight is 422 g/mol. The second-order valence-corrected chi connectivity index (χ2v) is 8.65. The minimum Gasteiger partial charge on any atom is -0.325 e. The van der Waals surface area contributed by atoms with Crippen molar-refractivity contribution in [3.8, 4) is 0 Å². The SMILES string of the molecule is CCCCCN(CC(=O)Nc1ccc(C)c(S(N)(=O)=O)c1)Cc1ccc(F)cc1. The van der Waals surface area contributed by atoms with Crippen molar-refractivity contribution >= 4 is 21.6 Å². The molecule has 0 unspecified atom stereocenters. The highest BCUT2D eigenvalue weighted by molar-refractivity contribution is 7.89. The molecule has 6 nitrogen and oxygen atoms in total. The molecule has 0 bridgehead atoms. The third-order valence-electron chi connectivity index (χ3n) is 4.54. The van der Waals surface area contributed by atoms with Crippen LogP contribution in [0.25, 0.3) is 0 Å². The Morgan fingerprint density at radius 2 is 1.83 bits per heavy atom. The minimum absolute atomic E-state index is 0.0126. The second kappa shape index (κ2) is 10.5. The van der Waals surface area contributed by atoms with E-state index in [1.54, 1.807) is 31.2 Å². The zero-order chi connectivity index (χ0) is 21.4. The summed E-state index contributed by atoms with van der Waals surface area (Å²) in [6.07, 6.45) is 3.07. The number of hydrogen-bond acceptors (Lipinski definition) is 4. The Labute approximate surface area is 172 Å². The number of nitrogens with two attached hydrogens (primary N) is 1. The van der Waals surface area contributed by atoms with Crippen LogP contribution in [-0.2, 0) is 21.4 Å². The van der Waals surface area contributed by atoms with Crippen molar-refractivity contribution in [1.82, 2.24) is 4.90 Å². The maximum atomic E-state index is 13.1. The summed E-state index contributed by atoms with van der Waals surface area (Å²) in [7, 11) is -3.87. The van der Waals surface area contributed by atoms with E-state index >= 15 is 0 Å². The van der Waals surface area contributed by atoms with Crippen LogP contribution in [0.1, 0.15) is 37.3 Å². The molecule has 2 aromatic carbocycles. The third kappa shape index (κ3) is 7.56. The number of rotatable bonds is 10. The zero-order valence-electron chi connectivity index (χ0n) is 16.8. The van der Waals surface area contributed by atoms with E-state index in [0.29, 0.717) is 17.8 Å². The van der Waals surface area contributed by atoms with Gasteiger partial charge in [0.05, 0.1) is 11.4 Å². The molecule has 0 heterocycles. The normalized spacial score (nSPS) is 11.6. The predicted molar refractivity (Wildman–Crippen MR) is 112 cm³/mol. The van der Waals surface area contributed by atoms with Crippen molar-refractivity contribution in [2.75, 3.05) is 18.4 Å². The lowest BCUT2D eigenvalue weighted by Gasteiger charge is -2.22. The number of anilines is 1. The van der Waals surface area contributed by atoms with E-state index < -0.39 is 10.0 Å². The van der Waals surface area contributed by atoms with Crippen LogP contribution in [0.4, 0.5) is 10.1 Å². The summed E-state index contributed by atoms with van der Waals surface area (Å²) in [6, 6.07) is 10.8. The number of aryl methyl sites for hydroxylation is 1. The van der Waals surface area contributed by atoms with E-state index in [2.05, 4.69) is 12.2 Å². The average Bonchev–Trinajstić information content (AvgIpc) is 2.64. The number of carbonyl (C=O) groups excluding carboxylic acids is 1. The van der Waals surface area contributed by atoms with Crippen LogP contribution in [-0.4, -0.2) is 32.3 Å². The van der Waals surface area contributed by atoms with Crippen molar-refractivity contribution in [3.63, 3.8) is 0 Å². The molecule has 0 radical (unpaired) electrons. The number of amides is 1. The third-order valence-corrected chi connectivity index (χ3v) is 5.60. The Balaban J connectivity index is 2.07. The molecule has 2 rings (SSSR count). The molecule has 3 N–H and O–H groups in total. The van der Waals surface area contributed by atoms with Crippen LogP contribution in [0.15, 0.2) is 47.4 Å². The van der Waals surface area contributed by atoms with Gasteiger partial charge >= 0.3 is 0 Å². The van der Waals surface area contributed by atoms with E-state index in [1.807, 2.05) is 4.90 Å². The molecule has 0 saturated heterocycles. The largest absolute Gasteiger partial charge is 0.325 e. The summed E-state index contributed by atoms with van der Waals surface area (Å²) in [5.74, 6) is -0.554. The van der Waals surface area contributed by atoms with Gasteiger partial charge in [0, 0.05) is 12.2 Å². The van der Waals surface area contributed by atoms with Crippen LogP contribution in [0.5, 0.6) is 0 Å². The lowest BCUT2D eigenvalue weighted by Crippen LogP contribution is -2.33. The number of primary sulfonamides is 1. The molecule has 0 atom stereocenters. The fourth-order valence-electron chi connectivity index (χ4n) is 3.04. The van der Waals surface area contributed by atoms with Crippen LogP contribution in [0, 0.1) is 12.7 Å². The molecular formula is C21H28FN3O3S. The van der Waals surface area contributed by atoms with Gasteiger partial charge in [0.15, 0.2) is 0 Å². The number of hydrogen-bond donors (Lipinski definition) is 2. The van der Waals surface area contributed by atoms with E-state index in [1.165, 1.54) is 18.2 Å². The fourth-order valence-corrected chi connectivity index (χ4v) is 3.84. The van der Waals surface area contributed by atoms with E-state index in [4.69, 9.17) is 5.14 Å². The number of carbonyl (C=O) groups is 1. The number of unbranched alkanes of at least 4 members (excludes halogenated alkanes) is 2. The van der Waals surface area contributed by atoms with E-state index in [0.717, 1.165) is 31.4 Å². The summed E-state index contributed by atoms with van der Waals surface area (Å²) >= 11 is 0. The molecule has 1 amide bonds. The molecule has 0 aliphatic heterocycles. The summed E-state index contributed by atoms with van der Waals surface area (Å²) in [4.78, 5) is 14.5. The molecule has 0 saturated carbocycles. The molecular weight excluding hydrogens is 393 g/mol. The molecule has 158 valence electrons. The highest BCUT2D eigenvalue weighted by Crippen LogP contribution is 2.19. The van der Waals surface area contributed by atoms with Crippen LogP contribution < -0.4 is 10.5 Å². The molecule has 0 aliphatic rings. The van der Waals surface area contributed by atoms with Crippen LogP contribution in [0.3, 0.4) is 0 Å². The maximum Gasteiger partial charge on any atom is 0.238 e. The molecule has 2 aromatic rings. The van der Waals surface area contributed by atoms with Gasteiger partial charge in [-0.25, -0.2) is 17.9 Å². The minimum atomic E-state index is -3.87. The van der Waals surface area contributed by atoms with Crippen molar-refractivity contribution in [2.45, 2.75) is 44.6 Å². The standard InChI is InChI=1S/C21H28FN3O3S/c1-3-4-5-12-25(14-17-7-9-18(22)10-8-17)15-21(26)24-19-11-6-16(2)20(13-19)29(23,27)28/h6-11,13H,3-5,12,14-15H2,1-2H3,(H,24,26)(H2,23,27,28). The number of benzene rings is 2.